The van der Waals surface area contributed by atoms with Gasteiger partial charge in [-0.1, -0.05) is 23.2 Å². The molecule has 5 N–H and O–H groups in total. The Hall–Kier alpha value is -1.55. The van der Waals surface area contributed by atoms with Gasteiger partial charge in [0.1, 0.15) is 4.90 Å². The van der Waals surface area contributed by atoms with Crippen molar-refractivity contribution in [1.82, 2.24) is 10.0 Å². The molecule has 1 aromatic rings. The average Bonchev–Trinajstić information content (AvgIpc) is 2.33. The van der Waals surface area contributed by atoms with Crippen LogP contribution in [-0.4, -0.2) is 38.6 Å². The molecule has 0 aliphatic heterocycles. The Balaban J connectivity index is 3.01. The Kier molecular flexibility index (Phi) is 5.78. The highest BCUT2D eigenvalue weighted by Gasteiger charge is 2.24. The van der Waals surface area contributed by atoms with Crippen LogP contribution in [-0.2, 0) is 10.0 Å². The predicted molar refractivity (Wildman–Crippen MR) is 76.2 cm³/mol. The summed E-state index contributed by atoms with van der Waals surface area (Å²) < 4.78 is 26.2. The SMILES string of the molecule is NC(=O)NCCNS(=O)(=O)c1ccc(Cl)c(C(=O)O)c1Cl. The van der Waals surface area contributed by atoms with E-state index in [0.29, 0.717) is 0 Å². The van der Waals surface area contributed by atoms with Gasteiger partial charge in [-0.3, -0.25) is 0 Å². The number of halogens is 2. The summed E-state index contributed by atoms with van der Waals surface area (Å²) in [6, 6.07) is 1.40. The summed E-state index contributed by atoms with van der Waals surface area (Å²) in [6.45, 7) is -0.182. The van der Waals surface area contributed by atoms with Crippen molar-refractivity contribution in [1.29, 1.82) is 0 Å². The van der Waals surface area contributed by atoms with Gasteiger partial charge in [-0.05, 0) is 12.1 Å². The van der Waals surface area contributed by atoms with Crippen molar-refractivity contribution in [2.75, 3.05) is 13.1 Å². The highest BCUT2D eigenvalue weighted by Crippen LogP contribution is 2.30. The molecule has 0 aliphatic carbocycles. The largest absolute Gasteiger partial charge is 0.478 e. The molecule has 0 atom stereocenters. The highest BCUT2D eigenvalue weighted by molar-refractivity contribution is 7.89. The lowest BCUT2D eigenvalue weighted by atomic mass is 10.2. The van der Waals surface area contributed by atoms with Gasteiger partial charge in [-0.15, -0.1) is 0 Å². The van der Waals surface area contributed by atoms with Gasteiger partial charge in [0.25, 0.3) is 0 Å². The number of nitrogens with two attached hydrogens (primary N) is 1. The Morgan fingerprint density at radius 3 is 2.38 bits per heavy atom. The van der Waals surface area contributed by atoms with Crippen LogP contribution in [0.4, 0.5) is 4.79 Å². The van der Waals surface area contributed by atoms with Gasteiger partial charge in [0.2, 0.25) is 10.0 Å². The van der Waals surface area contributed by atoms with Crippen molar-refractivity contribution < 1.29 is 23.1 Å². The van der Waals surface area contributed by atoms with Crippen LogP contribution in [0.3, 0.4) is 0 Å². The number of carboxylic acids is 1. The van der Waals surface area contributed by atoms with E-state index in [1.165, 1.54) is 0 Å². The molecule has 21 heavy (non-hydrogen) atoms. The van der Waals surface area contributed by atoms with Crippen LogP contribution < -0.4 is 15.8 Å². The van der Waals surface area contributed by atoms with Gasteiger partial charge in [0.15, 0.2) is 0 Å². The first-order chi connectivity index (χ1) is 9.66. The van der Waals surface area contributed by atoms with Crippen molar-refractivity contribution in [2.24, 2.45) is 5.73 Å². The molecule has 0 radical (unpaired) electrons. The van der Waals surface area contributed by atoms with E-state index >= 15 is 0 Å². The number of rotatable bonds is 6. The molecular formula is C10H11Cl2N3O5S. The van der Waals surface area contributed by atoms with Gasteiger partial charge in [0.05, 0.1) is 15.6 Å². The third kappa shape index (κ3) is 4.46. The van der Waals surface area contributed by atoms with Crippen molar-refractivity contribution in [3.8, 4) is 0 Å². The molecule has 0 fully saturated rings. The number of nitrogens with one attached hydrogen (secondary N) is 2. The molecule has 0 unspecified atom stereocenters. The van der Waals surface area contributed by atoms with Crippen molar-refractivity contribution in [3.05, 3.63) is 27.7 Å². The fourth-order valence-electron chi connectivity index (χ4n) is 1.39. The number of hydrogen-bond acceptors (Lipinski definition) is 4. The molecule has 0 bridgehead atoms. The Bertz CT molecular complexity index is 678. The minimum Gasteiger partial charge on any atom is -0.478 e. The number of carbonyl (C=O) groups is 2. The summed E-state index contributed by atoms with van der Waals surface area (Å²) in [5.74, 6) is -1.45. The number of primary amides is 1. The normalized spacial score (nSPS) is 11.1. The summed E-state index contributed by atoms with van der Waals surface area (Å²) in [6.07, 6.45) is 0. The average molecular weight is 356 g/mol. The molecule has 11 heteroatoms. The molecule has 0 aliphatic rings. The summed E-state index contributed by atoms with van der Waals surface area (Å²) >= 11 is 11.4. The fourth-order valence-corrected chi connectivity index (χ4v) is 3.33. The fraction of sp³-hybridized carbons (Fsp3) is 0.200. The Labute approximate surface area is 130 Å². The molecule has 8 nitrogen and oxygen atoms in total. The molecule has 2 amide bonds. The third-order valence-corrected chi connectivity index (χ3v) is 4.60. The van der Waals surface area contributed by atoms with Crippen LogP contribution in [0.2, 0.25) is 10.0 Å². The quantitative estimate of drug-likeness (QED) is 0.554. The van der Waals surface area contributed by atoms with Gasteiger partial charge < -0.3 is 16.2 Å². The number of aromatic carboxylic acids is 1. The van der Waals surface area contributed by atoms with E-state index in [4.69, 9.17) is 34.0 Å². The highest BCUT2D eigenvalue weighted by atomic mass is 35.5. The zero-order valence-corrected chi connectivity index (χ0v) is 12.7. The van der Waals surface area contributed by atoms with E-state index in [1.54, 1.807) is 0 Å². The molecule has 1 aromatic carbocycles. The molecular weight excluding hydrogens is 345 g/mol. The molecule has 0 aromatic heterocycles. The van der Waals surface area contributed by atoms with Crippen LogP contribution in [0.15, 0.2) is 17.0 Å². The van der Waals surface area contributed by atoms with Crippen molar-refractivity contribution in [3.63, 3.8) is 0 Å². The number of carbonyl (C=O) groups excluding carboxylic acids is 1. The van der Waals surface area contributed by atoms with Gasteiger partial charge in [0, 0.05) is 13.1 Å². The molecule has 116 valence electrons. The number of benzene rings is 1. The lowest BCUT2D eigenvalue weighted by molar-refractivity contribution is 0.0697. The molecule has 1 rings (SSSR count). The zero-order chi connectivity index (χ0) is 16.2. The number of sulfonamides is 1. The van der Waals surface area contributed by atoms with Crippen LogP contribution in [0.25, 0.3) is 0 Å². The maximum atomic E-state index is 12.0. The van der Waals surface area contributed by atoms with Crippen LogP contribution in [0.5, 0.6) is 0 Å². The Morgan fingerprint density at radius 2 is 1.86 bits per heavy atom. The van der Waals surface area contributed by atoms with Gasteiger partial charge in [-0.2, -0.15) is 0 Å². The summed E-state index contributed by atoms with van der Waals surface area (Å²) in [5.41, 5.74) is 4.32. The topological polar surface area (TPSA) is 139 Å². The van der Waals surface area contributed by atoms with Crippen molar-refractivity contribution >= 4 is 45.2 Å². The first-order valence-corrected chi connectivity index (χ1v) is 7.65. The standard InChI is InChI=1S/C10H11Cl2N3O5S/c11-5-1-2-6(8(12)7(5)9(16)17)21(19,20)15-4-3-14-10(13)18/h1-2,15H,3-4H2,(H,16,17)(H3,13,14,18). The van der Waals surface area contributed by atoms with Gasteiger partial charge >= 0.3 is 12.0 Å². The Morgan fingerprint density at radius 1 is 1.24 bits per heavy atom. The zero-order valence-electron chi connectivity index (χ0n) is 10.4. The van der Waals surface area contributed by atoms with Crippen LogP contribution in [0, 0.1) is 0 Å². The lowest BCUT2D eigenvalue weighted by Gasteiger charge is -2.11. The van der Waals surface area contributed by atoms with Gasteiger partial charge in [-0.25, -0.2) is 22.7 Å². The van der Waals surface area contributed by atoms with Crippen LogP contribution in [0.1, 0.15) is 10.4 Å². The number of urea groups is 1. The molecule has 0 heterocycles. The second kappa shape index (κ2) is 6.94. The monoisotopic (exact) mass is 355 g/mol. The predicted octanol–water partition coefficient (Wildman–Crippen LogP) is 0.638. The number of hydrogen-bond donors (Lipinski definition) is 4. The maximum absolute atomic E-state index is 12.0. The summed E-state index contributed by atoms with van der Waals surface area (Å²) in [4.78, 5) is 21.0. The maximum Gasteiger partial charge on any atom is 0.338 e. The number of amides is 2. The summed E-state index contributed by atoms with van der Waals surface area (Å²) in [7, 11) is -4.06. The van der Waals surface area contributed by atoms with E-state index in [2.05, 4.69) is 10.0 Å². The van der Waals surface area contributed by atoms with Crippen molar-refractivity contribution in [2.45, 2.75) is 4.90 Å². The van der Waals surface area contributed by atoms with E-state index in [1.807, 2.05) is 0 Å². The second-order valence-electron chi connectivity index (χ2n) is 3.73. The first-order valence-electron chi connectivity index (χ1n) is 5.41. The summed E-state index contributed by atoms with van der Waals surface area (Å²) in [5, 5.41) is 10.5. The van der Waals surface area contributed by atoms with E-state index in [-0.39, 0.29) is 18.1 Å². The van der Waals surface area contributed by atoms with E-state index in [0.717, 1.165) is 12.1 Å². The molecule has 0 saturated heterocycles. The third-order valence-electron chi connectivity index (χ3n) is 2.28. The second-order valence-corrected chi connectivity index (χ2v) is 6.25. The smallest absolute Gasteiger partial charge is 0.338 e. The van der Waals surface area contributed by atoms with Crippen LogP contribution >= 0.6 is 23.2 Å². The first kappa shape index (κ1) is 17.5. The molecule has 0 spiro atoms. The minimum absolute atomic E-state index is 0.0362. The number of carboxylic acid groups (broad SMARTS) is 1. The molecule has 0 saturated carbocycles. The minimum atomic E-state index is -4.06. The van der Waals surface area contributed by atoms with E-state index < -0.39 is 37.5 Å². The van der Waals surface area contributed by atoms with E-state index in [9.17, 15) is 18.0 Å². The lowest BCUT2D eigenvalue weighted by Crippen LogP contribution is -2.37.